The number of aromatic nitrogens is 1. The molecule has 4 heteroatoms. The summed E-state index contributed by atoms with van der Waals surface area (Å²) in [6.07, 6.45) is 1.96. The number of fused-ring (bicyclic) bond motifs is 1. The Morgan fingerprint density at radius 3 is 3.00 bits per heavy atom. The molecule has 0 saturated carbocycles. The fourth-order valence-electron chi connectivity index (χ4n) is 3.18. The molecular weight excluding hydrogens is 278 g/mol. The monoisotopic (exact) mass is 295 g/mol. The summed E-state index contributed by atoms with van der Waals surface area (Å²) in [5.41, 5.74) is 1.20. The molecule has 3 atom stereocenters. The lowest BCUT2D eigenvalue weighted by Gasteiger charge is -2.26. The zero-order chi connectivity index (χ0) is 12.0. The van der Waals surface area contributed by atoms with Crippen molar-refractivity contribution in [3.8, 4) is 0 Å². The molecule has 2 saturated heterocycles. The molecule has 0 amide bonds. The van der Waals surface area contributed by atoms with E-state index in [0.29, 0.717) is 6.04 Å². The van der Waals surface area contributed by atoms with Gasteiger partial charge in [0, 0.05) is 31.9 Å². The van der Waals surface area contributed by atoms with Gasteiger partial charge in [-0.3, -0.25) is 0 Å². The maximum absolute atomic E-state index is 4.60. The predicted molar refractivity (Wildman–Crippen MR) is 73.3 cm³/mol. The Balaban J connectivity index is 1.90. The van der Waals surface area contributed by atoms with E-state index in [1.807, 2.05) is 6.20 Å². The highest BCUT2D eigenvalue weighted by atomic mass is 79.9. The molecule has 2 fully saturated rings. The average molecular weight is 296 g/mol. The van der Waals surface area contributed by atoms with Gasteiger partial charge in [-0.2, -0.15) is 0 Å². The van der Waals surface area contributed by atoms with Crippen LogP contribution in [0.15, 0.2) is 16.7 Å². The first-order valence-electron chi connectivity index (χ1n) is 6.26. The topological polar surface area (TPSA) is 28.2 Å². The SMILES string of the molecule is Cc1cnc(N2CC3CNCC3C2C)c(Br)c1. The van der Waals surface area contributed by atoms with E-state index in [1.54, 1.807) is 0 Å². The smallest absolute Gasteiger partial charge is 0.143 e. The van der Waals surface area contributed by atoms with Gasteiger partial charge in [-0.15, -0.1) is 0 Å². The first-order valence-corrected chi connectivity index (χ1v) is 7.05. The maximum Gasteiger partial charge on any atom is 0.143 e. The average Bonchev–Trinajstić information content (AvgIpc) is 2.83. The van der Waals surface area contributed by atoms with Gasteiger partial charge in [0.25, 0.3) is 0 Å². The number of nitrogens with zero attached hydrogens (tertiary/aromatic N) is 2. The standard InChI is InChI=1S/C13H18BrN3/c1-8-3-12(14)13(16-4-8)17-7-10-5-15-6-11(10)9(17)2/h3-4,9-11,15H,5-7H2,1-2H3. The van der Waals surface area contributed by atoms with Gasteiger partial charge in [-0.05, 0) is 53.2 Å². The minimum absolute atomic E-state index is 0.585. The number of pyridine rings is 1. The minimum Gasteiger partial charge on any atom is -0.352 e. The van der Waals surface area contributed by atoms with Crippen LogP contribution in [0.4, 0.5) is 5.82 Å². The van der Waals surface area contributed by atoms with Crippen LogP contribution in [-0.2, 0) is 0 Å². The lowest BCUT2D eigenvalue weighted by atomic mass is 9.95. The van der Waals surface area contributed by atoms with Gasteiger partial charge in [0.05, 0.1) is 4.47 Å². The Bertz CT molecular complexity index is 435. The Kier molecular flexibility index (Phi) is 2.87. The molecule has 3 unspecified atom stereocenters. The van der Waals surface area contributed by atoms with Crippen molar-refractivity contribution in [1.29, 1.82) is 0 Å². The molecular formula is C13H18BrN3. The van der Waals surface area contributed by atoms with Crippen LogP contribution in [0.5, 0.6) is 0 Å². The van der Waals surface area contributed by atoms with Crippen molar-refractivity contribution < 1.29 is 0 Å². The van der Waals surface area contributed by atoms with Crippen LogP contribution in [0.1, 0.15) is 12.5 Å². The van der Waals surface area contributed by atoms with Crippen molar-refractivity contribution in [3.05, 3.63) is 22.3 Å². The van der Waals surface area contributed by atoms with Gasteiger partial charge in [0.15, 0.2) is 0 Å². The second kappa shape index (κ2) is 4.25. The van der Waals surface area contributed by atoms with Crippen molar-refractivity contribution in [3.63, 3.8) is 0 Å². The highest BCUT2D eigenvalue weighted by Crippen LogP contribution is 2.37. The molecule has 2 aliphatic heterocycles. The molecule has 2 aliphatic rings. The van der Waals surface area contributed by atoms with Crippen LogP contribution in [-0.4, -0.2) is 30.7 Å². The largest absolute Gasteiger partial charge is 0.352 e. The summed E-state index contributed by atoms with van der Waals surface area (Å²) in [5.74, 6) is 2.68. The van der Waals surface area contributed by atoms with Crippen molar-refractivity contribution in [2.45, 2.75) is 19.9 Å². The molecule has 0 aromatic carbocycles. The third-order valence-corrected chi connectivity index (χ3v) is 4.75. The zero-order valence-corrected chi connectivity index (χ0v) is 11.9. The van der Waals surface area contributed by atoms with Gasteiger partial charge in [-0.1, -0.05) is 0 Å². The van der Waals surface area contributed by atoms with E-state index >= 15 is 0 Å². The second-order valence-electron chi connectivity index (χ2n) is 5.29. The molecule has 0 spiro atoms. The number of nitrogens with one attached hydrogen (secondary N) is 1. The lowest BCUT2D eigenvalue weighted by molar-refractivity contribution is 0.471. The lowest BCUT2D eigenvalue weighted by Crippen LogP contribution is -2.34. The maximum atomic E-state index is 4.60. The normalized spacial score (nSPS) is 31.9. The molecule has 1 aromatic heterocycles. The summed E-state index contributed by atoms with van der Waals surface area (Å²) >= 11 is 3.64. The molecule has 17 heavy (non-hydrogen) atoms. The minimum atomic E-state index is 0.585. The molecule has 1 N–H and O–H groups in total. The molecule has 3 nitrogen and oxygen atoms in total. The predicted octanol–water partition coefficient (Wildman–Crippen LogP) is 2.20. The van der Waals surface area contributed by atoms with Crippen LogP contribution < -0.4 is 10.2 Å². The number of halogens is 1. The van der Waals surface area contributed by atoms with E-state index in [4.69, 9.17) is 0 Å². The van der Waals surface area contributed by atoms with Crippen LogP contribution in [0.25, 0.3) is 0 Å². The van der Waals surface area contributed by atoms with Gasteiger partial charge < -0.3 is 10.2 Å². The van der Waals surface area contributed by atoms with E-state index in [-0.39, 0.29) is 0 Å². The fraction of sp³-hybridized carbons (Fsp3) is 0.615. The summed E-state index contributed by atoms with van der Waals surface area (Å²) in [7, 11) is 0. The first-order chi connectivity index (χ1) is 8.16. The van der Waals surface area contributed by atoms with Gasteiger partial charge in [0.1, 0.15) is 5.82 Å². The van der Waals surface area contributed by atoms with E-state index in [9.17, 15) is 0 Å². The van der Waals surface area contributed by atoms with Crippen molar-refractivity contribution in [1.82, 2.24) is 10.3 Å². The fourth-order valence-corrected chi connectivity index (χ4v) is 3.88. The summed E-state index contributed by atoms with van der Waals surface area (Å²) < 4.78 is 1.12. The summed E-state index contributed by atoms with van der Waals surface area (Å²) in [5, 5.41) is 3.49. The van der Waals surface area contributed by atoms with Crippen LogP contribution >= 0.6 is 15.9 Å². The van der Waals surface area contributed by atoms with Crippen molar-refractivity contribution >= 4 is 21.7 Å². The Morgan fingerprint density at radius 2 is 2.29 bits per heavy atom. The summed E-state index contributed by atoms with van der Waals surface area (Å²) in [4.78, 5) is 7.05. The molecule has 0 radical (unpaired) electrons. The van der Waals surface area contributed by atoms with Gasteiger partial charge >= 0.3 is 0 Å². The van der Waals surface area contributed by atoms with E-state index in [1.165, 1.54) is 5.56 Å². The molecule has 0 bridgehead atoms. The summed E-state index contributed by atoms with van der Waals surface area (Å²) in [6.45, 7) is 7.85. The van der Waals surface area contributed by atoms with Gasteiger partial charge in [-0.25, -0.2) is 4.98 Å². The van der Waals surface area contributed by atoms with E-state index in [2.05, 4.69) is 51.0 Å². The first kappa shape index (κ1) is 11.5. The highest BCUT2D eigenvalue weighted by Gasteiger charge is 2.42. The highest BCUT2D eigenvalue weighted by molar-refractivity contribution is 9.10. The quantitative estimate of drug-likeness (QED) is 0.861. The van der Waals surface area contributed by atoms with E-state index in [0.717, 1.165) is 41.8 Å². The van der Waals surface area contributed by atoms with Gasteiger partial charge in [0.2, 0.25) is 0 Å². The Hall–Kier alpha value is -0.610. The molecule has 0 aliphatic carbocycles. The molecule has 92 valence electrons. The molecule has 1 aromatic rings. The third kappa shape index (κ3) is 1.87. The van der Waals surface area contributed by atoms with Crippen LogP contribution in [0.2, 0.25) is 0 Å². The second-order valence-corrected chi connectivity index (χ2v) is 6.15. The van der Waals surface area contributed by atoms with Crippen molar-refractivity contribution in [2.24, 2.45) is 11.8 Å². The number of aryl methyl sites for hydroxylation is 1. The molecule has 3 heterocycles. The third-order valence-electron chi connectivity index (χ3n) is 4.17. The van der Waals surface area contributed by atoms with Crippen LogP contribution in [0, 0.1) is 18.8 Å². The number of anilines is 1. The number of hydrogen-bond acceptors (Lipinski definition) is 3. The zero-order valence-electron chi connectivity index (χ0n) is 10.3. The summed E-state index contributed by atoms with van der Waals surface area (Å²) in [6, 6.07) is 2.74. The van der Waals surface area contributed by atoms with Crippen LogP contribution in [0.3, 0.4) is 0 Å². The number of rotatable bonds is 1. The van der Waals surface area contributed by atoms with Crippen molar-refractivity contribution in [2.75, 3.05) is 24.5 Å². The molecule has 3 rings (SSSR count). The Labute approximate surface area is 111 Å². The number of hydrogen-bond donors (Lipinski definition) is 1. The van der Waals surface area contributed by atoms with E-state index < -0.39 is 0 Å². The Morgan fingerprint density at radius 1 is 1.47 bits per heavy atom.